The number of carbonyl (C=O) groups is 2. The van der Waals surface area contributed by atoms with Gasteiger partial charge in [-0.25, -0.2) is 4.68 Å². The summed E-state index contributed by atoms with van der Waals surface area (Å²) in [4.78, 5) is 26.8. The van der Waals surface area contributed by atoms with Crippen LogP contribution < -0.4 is 10.2 Å². The minimum absolute atomic E-state index is 0.229. The fourth-order valence-electron chi connectivity index (χ4n) is 3.94. The number of aryl methyl sites for hydroxylation is 1. The zero-order chi connectivity index (χ0) is 25.4. The van der Waals surface area contributed by atoms with Gasteiger partial charge in [-0.05, 0) is 42.7 Å². The highest BCUT2D eigenvalue weighted by Crippen LogP contribution is 2.35. The van der Waals surface area contributed by atoms with Gasteiger partial charge in [0.05, 0.1) is 29.6 Å². The number of nitrogens with one attached hydrogen (secondary N) is 1. The minimum Gasteiger partial charge on any atom is -0.343 e. The molecule has 1 N–H and O–H groups in total. The predicted molar refractivity (Wildman–Crippen MR) is 113 cm³/mol. The summed E-state index contributed by atoms with van der Waals surface area (Å²) in [6.07, 6.45) is -7.82. The number of anilines is 1. The molecule has 4 rings (SSSR count). The van der Waals surface area contributed by atoms with Gasteiger partial charge in [-0.3, -0.25) is 9.59 Å². The molecule has 0 unspecified atom stereocenters. The maximum absolute atomic E-state index is 13.8. The van der Waals surface area contributed by atoms with Crippen molar-refractivity contribution in [3.63, 3.8) is 0 Å². The van der Waals surface area contributed by atoms with E-state index in [9.17, 15) is 35.9 Å². The Morgan fingerprint density at radius 1 is 0.971 bits per heavy atom. The van der Waals surface area contributed by atoms with Crippen LogP contribution in [0.25, 0.3) is 5.69 Å². The Hall–Kier alpha value is -3.83. The van der Waals surface area contributed by atoms with E-state index in [-0.39, 0.29) is 4.68 Å². The number of amides is 2. The van der Waals surface area contributed by atoms with E-state index in [0.717, 1.165) is 24.1 Å². The van der Waals surface area contributed by atoms with Gasteiger partial charge in [0.1, 0.15) is 0 Å². The molecule has 2 aromatic carbocycles. The van der Waals surface area contributed by atoms with Crippen molar-refractivity contribution in [1.29, 1.82) is 0 Å². The Bertz CT molecular complexity index is 1270. The molecule has 2 amide bonds. The van der Waals surface area contributed by atoms with E-state index in [4.69, 9.17) is 0 Å². The molecular weight excluding hydrogens is 478 g/mol. The van der Waals surface area contributed by atoms with E-state index >= 15 is 0 Å². The summed E-state index contributed by atoms with van der Waals surface area (Å²) in [7, 11) is 0. The Labute approximate surface area is 195 Å². The molecule has 0 aliphatic carbocycles. The second kappa shape index (κ2) is 9.08. The topological polar surface area (TPSA) is 67.2 Å². The number of hydrogen-bond donors (Lipinski definition) is 1. The summed E-state index contributed by atoms with van der Waals surface area (Å²) in [5.74, 6) is -1.74. The number of para-hydroxylation sites is 1. The van der Waals surface area contributed by atoms with Gasteiger partial charge in [0, 0.05) is 12.2 Å². The largest absolute Gasteiger partial charge is 0.434 e. The zero-order valence-corrected chi connectivity index (χ0v) is 18.0. The van der Waals surface area contributed by atoms with Crippen LogP contribution in [-0.4, -0.2) is 34.7 Å². The van der Waals surface area contributed by atoms with E-state index in [1.807, 2.05) is 12.1 Å². The number of rotatable bonds is 4. The first-order valence-electron chi connectivity index (χ1n) is 10.5. The van der Waals surface area contributed by atoms with Crippen LogP contribution in [0.3, 0.4) is 0 Å². The molecule has 2 heterocycles. The smallest absolute Gasteiger partial charge is 0.343 e. The summed E-state index contributed by atoms with van der Waals surface area (Å²) in [5, 5.41) is 5.69. The number of fused-ring (bicyclic) bond motifs is 1. The lowest BCUT2D eigenvalue weighted by Gasteiger charge is -2.29. The number of halogens is 6. The lowest BCUT2D eigenvalue weighted by Crippen LogP contribution is -2.42. The third kappa shape index (κ3) is 5.00. The van der Waals surface area contributed by atoms with Crippen LogP contribution in [0.15, 0.2) is 54.7 Å². The highest BCUT2D eigenvalue weighted by Gasteiger charge is 2.41. The molecule has 35 heavy (non-hydrogen) atoms. The molecule has 3 aromatic rings. The van der Waals surface area contributed by atoms with Crippen LogP contribution in [0.5, 0.6) is 0 Å². The molecular formula is C23H18F6N4O2. The minimum atomic E-state index is -5.12. The maximum atomic E-state index is 13.8. The van der Waals surface area contributed by atoms with Crippen molar-refractivity contribution in [2.45, 2.75) is 25.2 Å². The van der Waals surface area contributed by atoms with Crippen molar-refractivity contribution in [1.82, 2.24) is 15.1 Å². The van der Waals surface area contributed by atoms with Crippen molar-refractivity contribution in [2.75, 3.05) is 18.0 Å². The molecule has 1 aliphatic rings. The quantitative estimate of drug-likeness (QED) is 0.537. The van der Waals surface area contributed by atoms with Crippen molar-refractivity contribution in [2.24, 2.45) is 0 Å². The van der Waals surface area contributed by atoms with E-state index in [1.54, 1.807) is 12.1 Å². The summed E-state index contributed by atoms with van der Waals surface area (Å²) in [6.45, 7) is -0.174. The molecule has 184 valence electrons. The average Bonchev–Trinajstić information content (AvgIpc) is 3.28. The fraction of sp³-hybridized carbons (Fsp3) is 0.261. The lowest BCUT2D eigenvalue weighted by atomic mass is 10.0. The van der Waals surface area contributed by atoms with Crippen molar-refractivity contribution < 1.29 is 35.9 Å². The first-order valence-corrected chi connectivity index (χ1v) is 10.5. The van der Waals surface area contributed by atoms with Crippen LogP contribution in [0.4, 0.5) is 32.0 Å². The van der Waals surface area contributed by atoms with Crippen LogP contribution in [0.2, 0.25) is 0 Å². The highest BCUT2D eigenvalue weighted by molar-refractivity contribution is 6.01. The van der Waals surface area contributed by atoms with Crippen LogP contribution in [-0.2, 0) is 23.6 Å². The van der Waals surface area contributed by atoms with E-state index < -0.39 is 53.2 Å². The fourth-order valence-corrected chi connectivity index (χ4v) is 3.94. The molecule has 0 saturated carbocycles. The van der Waals surface area contributed by atoms with Gasteiger partial charge in [-0.15, -0.1) is 0 Å². The summed E-state index contributed by atoms with van der Waals surface area (Å²) < 4.78 is 80.8. The first kappa shape index (κ1) is 24.3. The third-order valence-electron chi connectivity index (χ3n) is 5.51. The molecule has 0 radical (unpaired) electrons. The predicted octanol–water partition coefficient (Wildman–Crippen LogP) is 4.62. The third-order valence-corrected chi connectivity index (χ3v) is 5.51. The van der Waals surface area contributed by atoms with E-state index in [2.05, 4.69) is 10.4 Å². The van der Waals surface area contributed by atoms with Gasteiger partial charge in [-0.2, -0.15) is 31.4 Å². The molecule has 1 aliphatic heterocycles. The van der Waals surface area contributed by atoms with E-state index in [0.29, 0.717) is 37.0 Å². The molecule has 1 aromatic heterocycles. The highest BCUT2D eigenvalue weighted by atomic mass is 19.4. The summed E-state index contributed by atoms with van der Waals surface area (Å²) in [5.41, 5.74) is -2.54. The Morgan fingerprint density at radius 3 is 2.43 bits per heavy atom. The number of alkyl halides is 6. The second-order valence-electron chi connectivity index (χ2n) is 7.82. The van der Waals surface area contributed by atoms with Crippen LogP contribution in [0.1, 0.15) is 33.6 Å². The Balaban J connectivity index is 1.58. The Morgan fingerprint density at radius 2 is 1.71 bits per heavy atom. The maximum Gasteiger partial charge on any atom is 0.434 e. The lowest BCUT2D eigenvalue weighted by molar-refractivity contribution is -0.143. The van der Waals surface area contributed by atoms with Gasteiger partial charge in [0.2, 0.25) is 5.91 Å². The molecule has 0 spiro atoms. The molecule has 0 bridgehead atoms. The molecule has 0 fully saturated rings. The number of benzene rings is 2. The number of nitrogens with zero attached hydrogens (tertiary/aromatic N) is 3. The molecule has 6 nitrogen and oxygen atoms in total. The van der Waals surface area contributed by atoms with Gasteiger partial charge in [0.25, 0.3) is 5.91 Å². The van der Waals surface area contributed by atoms with Gasteiger partial charge < -0.3 is 10.2 Å². The zero-order valence-electron chi connectivity index (χ0n) is 18.0. The SMILES string of the molecule is O=C(NCC(=O)N1CCCc2ccccc21)c1cnn(-c2cccc(C(F)(F)F)c2)c1C(F)(F)F. The summed E-state index contributed by atoms with van der Waals surface area (Å²) >= 11 is 0. The molecule has 0 saturated heterocycles. The first-order chi connectivity index (χ1) is 16.5. The van der Waals surface area contributed by atoms with Gasteiger partial charge in [0.15, 0.2) is 5.69 Å². The van der Waals surface area contributed by atoms with Crippen molar-refractivity contribution in [3.05, 3.63) is 77.1 Å². The van der Waals surface area contributed by atoms with Crippen molar-refractivity contribution >= 4 is 17.5 Å². The van der Waals surface area contributed by atoms with Gasteiger partial charge in [-0.1, -0.05) is 24.3 Å². The number of aromatic nitrogens is 2. The monoisotopic (exact) mass is 496 g/mol. The van der Waals surface area contributed by atoms with Crippen molar-refractivity contribution in [3.8, 4) is 5.69 Å². The molecule has 12 heteroatoms. The van der Waals surface area contributed by atoms with Crippen LogP contribution in [0, 0.1) is 0 Å². The normalized spacial score (nSPS) is 13.9. The number of carbonyl (C=O) groups excluding carboxylic acids is 2. The Kier molecular flexibility index (Phi) is 6.30. The van der Waals surface area contributed by atoms with Gasteiger partial charge >= 0.3 is 12.4 Å². The number of hydrogen-bond acceptors (Lipinski definition) is 3. The standard InChI is InChI=1S/C23H18F6N4O2/c24-22(25,26)15-7-3-8-16(11-15)33-20(23(27,28)29)17(12-31-33)21(35)30-13-19(34)32-10-4-6-14-5-1-2-9-18(14)32/h1-3,5,7-9,11-12H,4,6,10,13H2,(H,30,35). The second-order valence-corrected chi connectivity index (χ2v) is 7.82. The van der Waals surface area contributed by atoms with E-state index in [1.165, 1.54) is 4.90 Å². The average molecular weight is 496 g/mol. The summed E-state index contributed by atoms with van der Waals surface area (Å²) in [6, 6.07) is 10.3. The molecule has 0 atom stereocenters. The van der Waals surface area contributed by atoms with Crippen LogP contribution >= 0.6 is 0 Å².